The van der Waals surface area contributed by atoms with E-state index in [1.54, 1.807) is 22.2 Å². The Morgan fingerprint density at radius 2 is 2.23 bits per heavy atom. The molecule has 6 heteroatoms. The Morgan fingerprint density at radius 3 is 2.85 bits per heavy atom. The van der Waals surface area contributed by atoms with Crippen molar-refractivity contribution < 1.29 is 0 Å². The van der Waals surface area contributed by atoms with E-state index in [1.807, 2.05) is 11.4 Å². The average molecular weight is 257 g/mol. The monoisotopic (exact) mass is 256 g/mol. The molecule has 0 bridgehead atoms. The second-order valence-electron chi connectivity index (χ2n) is 2.22. The lowest BCUT2D eigenvalue weighted by molar-refractivity contribution is 0.879. The molecule has 0 atom stereocenters. The zero-order chi connectivity index (χ0) is 9.10. The molecule has 2 heterocycles. The van der Waals surface area contributed by atoms with Crippen LogP contribution < -0.4 is 0 Å². The minimum Gasteiger partial charge on any atom is -0.208 e. The molecule has 13 heavy (non-hydrogen) atoms. The third-order valence-electron chi connectivity index (χ3n) is 1.36. The van der Waals surface area contributed by atoms with Crippen molar-refractivity contribution in [3.63, 3.8) is 0 Å². The fraction of sp³-hybridized carbons (Fsp3) is 0. The lowest BCUT2D eigenvalue weighted by atomic mass is 10.5. The van der Waals surface area contributed by atoms with Gasteiger partial charge in [0.05, 0.1) is 11.1 Å². The highest BCUT2D eigenvalue weighted by Gasteiger charge is 1.96. The molecule has 0 spiro atoms. The van der Waals surface area contributed by atoms with Crippen LogP contribution in [0, 0.1) is 0 Å². The van der Waals surface area contributed by atoms with Gasteiger partial charge in [-0.3, -0.25) is 0 Å². The number of thiophene rings is 1. The molecule has 0 unspecified atom stereocenters. The second kappa shape index (κ2) is 3.80. The van der Waals surface area contributed by atoms with E-state index in [9.17, 15) is 0 Å². The maximum atomic E-state index is 4.12. The summed E-state index contributed by atoms with van der Waals surface area (Å²) < 4.78 is 2.60. The van der Waals surface area contributed by atoms with E-state index in [2.05, 4.69) is 31.2 Å². The first-order valence-corrected chi connectivity index (χ1v) is 5.15. The highest BCUT2D eigenvalue weighted by Crippen LogP contribution is 2.20. The van der Waals surface area contributed by atoms with Gasteiger partial charge in [0.15, 0.2) is 0 Å². The van der Waals surface area contributed by atoms with E-state index < -0.39 is 0 Å². The molecule has 4 nitrogen and oxygen atoms in total. The second-order valence-corrected chi connectivity index (χ2v) is 4.02. The Hall–Kier alpha value is -1.01. The van der Waals surface area contributed by atoms with Crippen LogP contribution in [0.1, 0.15) is 4.88 Å². The Balaban J connectivity index is 2.19. The Labute approximate surface area is 87.1 Å². The van der Waals surface area contributed by atoms with Crippen molar-refractivity contribution in [1.82, 2.24) is 14.9 Å². The van der Waals surface area contributed by atoms with E-state index >= 15 is 0 Å². The van der Waals surface area contributed by atoms with E-state index in [1.165, 1.54) is 12.7 Å². The van der Waals surface area contributed by atoms with Crippen LogP contribution in [0.4, 0.5) is 0 Å². The molecule has 0 N–H and O–H groups in total. The van der Waals surface area contributed by atoms with Gasteiger partial charge in [0, 0.05) is 4.47 Å². The number of aromatic nitrogens is 3. The maximum absolute atomic E-state index is 4.12. The first-order valence-electron chi connectivity index (χ1n) is 3.48. The SMILES string of the molecule is Brc1ccsc1/C=N/n1cnnc1. The van der Waals surface area contributed by atoms with Gasteiger partial charge in [0.1, 0.15) is 12.7 Å². The third-order valence-corrected chi connectivity index (χ3v) is 3.17. The number of halogens is 1. The van der Waals surface area contributed by atoms with Crippen LogP contribution in [-0.4, -0.2) is 21.1 Å². The third kappa shape index (κ3) is 2.02. The lowest BCUT2D eigenvalue weighted by Crippen LogP contribution is -1.84. The predicted octanol–water partition coefficient (Wildman–Crippen LogP) is 1.98. The van der Waals surface area contributed by atoms with Gasteiger partial charge in [-0.25, -0.2) is 4.68 Å². The first-order chi connectivity index (χ1) is 6.36. The quantitative estimate of drug-likeness (QED) is 0.772. The summed E-state index contributed by atoms with van der Waals surface area (Å²) in [5, 5.41) is 13.4. The van der Waals surface area contributed by atoms with Crippen molar-refractivity contribution in [3.05, 3.63) is 33.5 Å². The van der Waals surface area contributed by atoms with E-state index in [4.69, 9.17) is 0 Å². The van der Waals surface area contributed by atoms with Gasteiger partial charge in [-0.15, -0.1) is 21.5 Å². The highest BCUT2D eigenvalue weighted by atomic mass is 79.9. The molecular formula is C7H5BrN4S. The van der Waals surface area contributed by atoms with Crippen LogP contribution in [0.15, 0.2) is 33.7 Å². The molecule has 0 radical (unpaired) electrons. The smallest absolute Gasteiger partial charge is 0.141 e. The summed E-state index contributed by atoms with van der Waals surface area (Å²) >= 11 is 5.03. The van der Waals surface area contributed by atoms with Crippen LogP contribution >= 0.6 is 27.3 Å². The standard InChI is InChI=1S/C7H5BrN4S/c8-6-1-2-13-7(6)3-11-12-4-9-10-5-12/h1-5H/b11-3+. The Bertz CT molecular complexity index is 406. The van der Waals surface area contributed by atoms with Crippen molar-refractivity contribution in [2.45, 2.75) is 0 Å². The van der Waals surface area contributed by atoms with Crippen LogP contribution in [0.3, 0.4) is 0 Å². The number of rotatable bonds is 2. The van der Waals surface area contributed by atoms with Crippen LogP contribution in [0.5, 0.6) is 0 Å². The molecule has 2 rings (SSSR count). The first kappa shape index (κ1) is 8.58. The summed E-state index contributed by atoms with van der Waals surface area (Å²) in [7, 11) is 0. The average Bonchev–Trinajstić information content (AvgIpc) is 2.72. The minimum atomic E-state index is 1.05. The molecule has 0 fully saturated rings. The number of hydrogen-bond acceptors (Lipinski definition) is 4. The topological polar surface area (TPSA) is 43.1 Å². The predicted molar refractivity (Wildman–Crippen MR) is 55.0 cm³/mol. The zero-order valence-corrected chi connectivity index (χ0v) is 8.86. The van der Waals surface area contributed by atoms with Crippen molar-refractivity contribution in [2.75, 3.05) is 0 Å². The van der Waals surface area contributed by atoms with Gasteiger partial charge >= 0.3 is 0 Å². The molecule has 0 saturated carbocycles. The summed E-state index contributed by atoms with van der Waals surface area (Å²) in [6.45, 7) is 0. The van der Waals surface area contributed by atoms with Gasteiger partial charge in [-0.1, -0.05) is 0 Å². The van der Waals surface area contributed by atoms with E-state index in [0.717, 1.165) is 9.35 Å². The minimum absolute atomic E-state index is 1.05. The molecule has 0 amide bonds. The van der Waals surface area contributed by atoms with E-state index in [-0.39, 0.29) is 0 Å². The summed E-state index contributed by atoms with van der Waals surface area (Å²) in [6.07, 6.45) is 4.84. The number of hydrogen-bond donors (Lipinski definition) is 0. The lowest BCUT2D eigenvalue weighted by Gasteiger charge is -1.88. The molecule has 0 aromatic carbocycles. The van der Waals surface area contributed by atoms with Gasteiger partial charge in [-0.05, 0) is 27.4 Å². The zero-order valence-electron chi connectivity index (χ0n) is 6.46. The molecule has 0 saturated heterocycles. The van der Waals surface area contributed by atoms with Crippen molar-refractivity contribution in [3.8, 4) is 0 Å². The summed E-state index contributed by atoms with van der Waals surface area (Å²) in [4.78, 5) is 1.08. The number of nitrogens with zero attached hydrogens (tertiary/aromatic N) is 4. The normalized spacial score (nSPS) is 11.2. The maximum Gasteiger partial charge on any atom is 0.141 e. The molecular weight excluding hydrogens is 252 g/mol. The van der Waals surface area contributed by atoms with Crippen LogP contribution in [0.25, 0.3) is 0 Å². The van der Waals surface area contributed by atoms with E-state index in [0.29, 0.717) is 0 Å². The highest BCUT2D eigenvalue weighted by molar-refractivity contribution is 9.10. The molecule has 2 aromatic heterocycles. The summed E-state index contributed by atoms with van der Waals surface area (Å²) in [6, 6.07) is 1.98. The van der Waals surface area contributed by atoms with Gasteiger partial charge < -0.3 is 0 Å². The molecule has 0 aliphatic carbocycles. The molecule has 0 aliphatic heterocycles. The van der Waals surface area contributed by atoms with Gasteiger partial charge in [0.2, 0.25) is 0 Å². The van der Waals surface area contributed by atoms with Crippen molar-refractivity contribution >= 4 is 33.5 Å². The van der Waals surface area contributed by atoms with Crippen molar-refractivity contribution in [2.24, 2.45) is 5.10 Å². The summed E-state index contributed by atoms with van der Waals surface area (Å²) in [5.41, 5.74) is 0. The Kier molecular flexibility index (Phi) is 2.51. The van der Waals surface area contributed by atoms with Crippen molar-refractivity contribution in [1.29, 1.82) is 0 Å². The fourth-order valence-corrected chi connectivity index (χ4v) is 2.10. The molecule has 2 aromatic rings. The van der Waals surface area contributed by atoms with Gasteiger partial charge in [-0.2, -0.15) is 5.10 Å². The molecule has 66 valence electrons. The van der Waals surface area contributed by atoms with Crippen LogP contribution in [0.2, 0.25) is 0 Å². The van der Waals surface area contributed by atoms with Gasteiger partial charge in [0.25, 0.3) is 0 Å². The largest absolute Gasteiger partial charge is 0.208 e. The van der Waals surface area contributed by atoms with Crippen LogP contribution in [-0.2, 0) is 0 Å². The Morgan fingerprint density at radius 1 is 1.46 bits per heavy atom. The summed E-state index contributed by atoms with van der Waals surface area (Å²) in [5.74, 6) is 0. The fourth-order valence-electron chi connectivity index (χ4n) is 0.772. The molecule has 0 aliphatic rings.